The second-order valence-corrected chi connectivity index (χ2v) is 6.25. The zero-order valence-electron chi connectivity index (χ0n) is 10.9. The van der Waals surface area contributed by atoms with Crippen LogP contribution >= 0.6 is 31.9 Å². The first-order valence-electron chi connectivity index (χ1n) is 6.33. The van der Waals surface area contributed by atoms with Crippen molar-refractivity contribution in [3.8, 4) is 6.07 Å². The van der Waals surface area contributed by atoms with Crippen LogP contribution in [0.1, 0.15) is 5.56 Å². The van der Waals surface area contributed by atoms with Crippen LogP contribution in [0, 0.1) is 11.3 Å². The molecule has 0 spiro atoms. The monoisotopic (exact) mass is 400 g/mol. The lowest BCUT2D eigenvalue weighted by Crippen LogP contribution is -1.94. The topological polar surface area (TPSA) is 35.8 Å². The third-order valence-electron chi connectivity index (χ3n) is 3.27. The zero-order chi connectivity index (χ0) is 14.8. The van der Waals surface area contributed by atoms with Gasteiger partial charge in [-0.1, -0.05) is 30.3 Å². The predicted octanol–water partition coefficient (Wildman–Crippen LogP) is 5.98. The number of rotatable bonds is 2. The largest absolute Gasteiger partial charge is 0.353 e. The lowest BCUT2D eigenvalue weighted by molar-refractivity contribution is 1.49. The van der Waals surface area contributed by atoms with Gasteiger partial charge in [0.05, 0.1) is 17.3 Å². The Morgan fingerprint density at radius 2 is 1.48 bits per heavy atom. The molecule has 3 rings (SSSR count). The lowest BCUT2D eigenvalue weighted by Gasteiger charge is -2.13. The van der Waals surface area contributed by atoms with E-state index in [1.54, 1.807) is 0 Å². The molecule has 102 valence electrons. The average molecular weight is 402 g/mol. The maximum atomic E-state index is 9.22. The summed E-state index contributed by atoms with van der Waals surface area (Å²) in [6, 6.07) is 19.9. The van der Waals surface area contributed by atoms with Crippen LogP contribution in [-0.2, 0) is 0 Å². The highest BCUT2D eigenvalue weighted by molar-refractivity contribution is 9.11. The van der Waals surface area contributed by atoms with Gasteiger partial charge in [0.15, 0.2) is 0 Å². The van der Waals surface area contributed by atoms with Crippen LogP contribution in [0.25, 0.3) is 10.8 Å². The predicted molar refractivity (Wildman–Crippen MR) is 93.8 cm³/mol. The van der Waals surface area contributed by atoms with Crippen molar-refractivity contribution in [3.63, 3.8) is 0 Å². The molecule has 0 aromatic heterocycles. The van der Waals surface area contributed by atoms with Gasteiger partial charge in [0.25, 0.3) is 0 Å². The van der Waals surface area contributed by atoms with Crippen LogP contribution in [0.3, 0.4) is 0 Å². The van der Waals surface area contributed by atoms with Crippen LogP contribution in [0.15, 0.2) is 63.5 Å². The van der Waals surface area contributed by atoms with Crippen LogP contribution in [0.5, 0.6) is 0 Å². The van der Waals surface area contributed by atoms with Gasteiger partial charge in [0.1, 0.15) is 0 Å². The molecule has 3 aromatic carbocycles. The molecule has 0 saturated carbocycles. The van der Waals surface area contributed by atoms with E-state index < -0.39 is 0 Å². The summed E-state index contributed by atoms with van der Waals surface area (Å²) in [4.78, 5) is 0. The SMILES string of the molecule is N#Cc1ccc(Nc2c(Br)cccc2Br)c2ccccc12. The van der Waals surface area contributed by atoms with E-state index in [0.717, 1.165) is 31.1 Å². The molecule has 0 aliphatic rings. The van der Waals surface area contributed by atoms with Gasteiger partial charge in [-0.15, -0.1) is 0 Å². The molecule has 0 radical (unpaired) electrons. The Morgan fingerprint density at radius 1 is 0.810 bits per heavy atom. The molecular weight excluding hydrogens is 392 g/mol. The summed E-state index contributed by atoms with van der Waals surface area (Å²) in [5, 5.41) is 14.6. The molecule has 0 unspecified atom stereocenters. The van der Waals surface area contributed by atoms with E-state index in [9.17, 15) is 5.26 Å². The Labute approximate surface area is 139 Å². The highest BCUT2D eigenvalue weighted by Crippen LogP contribution is 2.36. The summed E-state index contributed by atoms with van der Waals surface area (Å²) in [7, 11) is 0. The van der Waals surface area contributed by atoms with Crippen molar-refractivity contribution in [3.05, 3.63) is 69.1 Å². The van der Waals surface area contributed by atoms with E-state index >= 15 is 0 Å². The molecule has 0 aliphatic heterocycles. The molecule has 0 fully saturated rings. The first kappa shape index (κ1) is 14.1. The average Bonchev–Trinajstić information content (AvgIpc) is 2.51. The number of anilines is 2. The Balaban J connectivity index is 2.17. The van der Waals surface area contributed by atoms with Crippen molar-refractivity contribution < 1.29 is 0 Å². The fraction of sp³-hybridized carbons (Fsp3) is 0. The normalized spacial score (nSPS) is 10.3. The minimum absolute atomic E-state index is 0.683. The van der Waals surface area contributed by atoms with E-state index in [2.05, 4.69) is 43.2 Å². The summed E-state index contributed by atoms with van der Waals surface area (Å²) < 4.78 is 1.95. The van der Waals surface area contributed by atoms with Gasteiger partial charge in [-0.25, -0.2) is 0 Å². The van der Waals surface area contributed by atoms with Crippen LogP contribution in [0.2, 0.25) is 0 Å². The van der Waals surface area contributed by atoms with Crippen molar-refractivity contribution in [2.45, 2.75) is 0 Å². The van der Waals surface area contributed by atoms with Crippen LogP contribution < -0.4 is 5.32 Å². The first-order valence-corrected chi connectivity index (χ1v) is 7.92. The molecule has 0 atom stereocenters. The maximum absolute atomic E-state index is 9.22. The highest BCUT2D eigenvalue weighted by atomic mass is 79.9. The van der Waals surface area contributed by atoms with E-state index in [1.165, 1.54) is 0 Å². The smallest absolute Gasteiger partial charge is 0.0998 e. The molecular formula is C17H10Br2N2. The molecule has 21 heavy (non-hydrogen) atoms. The van der Waals surface area contributed by atoms with Crippen molar-refractivity contribution in [1.82, 2.24) is 0 Å². The standard InChI is InChI=1S/C17H10Br2N2/c18-14-6-3-7-15(19)17(14)21-16-9-8-11(10-20)12-4-1-2-5-13(12)16/h1-9,21H. The van der Waals surface area contributed by atoms with Gasteiger partial charge >= 0.3 is 0 Å². The molecule has 3 aromatic rings. The molecule has 0 amide bonds. The Bertz CT molecular complexity index is 846. The lowest BCUT2D eigenvalue weighted by atomic mass is 10.0. The third-order valence-corrected chi connectivity index (χ3v) is 4.59. The van der Waals surface area contributed by atoms with Crippen molar-refractivity contribution in [2.75, 3.05) is 5.32 Å². The van der Waals surface area contributed by atoms with Gasteiger partial charge in [-0.2, -0.15) is 5.26 Å². The number of fused-ring (bicyclic) bond motifs is 1. The van der Waals surface area contributed by atoms with Gasteiger partial charge in [-0.05, 0) is 56.1 Å². The zero-order valence-corrected chi connectivity index (χ0v) is 14.1. The number of hydrogen-bond donors (Lipinski definition) is 1. The molecule has 1 N–H and O–H groups in total. The van der Waals surface area contributed by atoms with Crippen LogP contribution in [0.4, 0.5) is 11.4 Å². The fourth-order valence-corrected chi connectivity index (χ4v) is 3.45. The number of nitriles is 1. The summed E-state index contributed by atoms with van der Waals surface area (Å²) in [5.74, 6) is 0. The van der Waals surface area contributed by atoms with E-state index in [0.29, 0.717) is 5.56 Å². The minimum Gasteiger partial charge on any atom is -0.353 e. The van der Waals surface area contributed by atoms with Gasteiger partial charge in [-0.3, -0.25) is 0 Å². The molecule has 2 nitrogen and oxygen atoms in total. The summed E-state index contributed by atoms with van der Waals surface area (Å²) in [6.07, 6.45) is 0. The summed E-state index contributed by atoms with van der Waals surface area (Å²) >= 11 is 7.10. The molecule has 0 heterocycles. The second-order valence-electron chi connectivity index (χ2n) is 4.54. The Morgan fingerprint density at radius 3 is 2.14 bits per heavy atom. The molecule has 0 saturated heterocycles. The number of nitrogens with zero attached hydrogens (tertiary/aromatic N) is 1. The molecule has 0 aliphatic carbocycles. The number of benzene rings is 3. The number of halogens is 2. The minimum atomic E-state index is 0.683. The number of hydrogen-bond acceptors (Lipinski definition) is 2. The van der Waals surface area contributed by atoms with E-state index in [-0.39, 0.29) is 0 Å². The van der Waals surface area contributed by atoms with Gasteiger partial charge in [0, 0.05) is 25.4 Å². The maximum Gasteiger partial charge on any atom is 0.0998 e. The van der Waals surface area contributed by atoms with Crippen molar-refractivity contribution in [1.29, 1.82) is 5.26 Å². The second kappa shape index (κ2) is 5.88. The highest BCUT2D eigenvalue weighted by Gasteiger charge is 2.09. The first-order chi connectivity index (χ1) is 10.2. The molecule has 4 heteroatoms. The molecule has 0 bridgehead atoms. The van der Waals surface area contributed by atoms with Crippen molar-refractivity contribution >= 4 is 54.0 Å². The van der Waals surface area contributed by atoms with Crippen molar-refractivity contribution in [2.24, 2.45) is 0 Å². The third kappa shape index (κ3) is 2.67. The Kier molecular flexibility index (Phi) is 3.96. The van der Waals surface area contributed by atoms with E-state index in [1.807, 2.05) is 54.6 Å². The quantitative estimate of drug-likeness (QED) is 0.573. The Hall–Kier alpha value is -1.83. The van der Waals surface area contributed by atoms with Gasteiger partial charge in [0.2, 0.25) is 0 Å². The number of nitrogens with one attached hydrogen (secondary N) is 1. The fourth-order valence-electron chi connectivity index (χ4n) is 2.26. The summed E-state index contributed by atoms with van der Waals surface area (Å²) in [5.41, 5.74) is 2.62. The summed E-state index contributed by atoms with van der Waals surface area (Å²) in [6.45, 7) is 0. The van der Waals surface area contributed by atoms with E-state index in [4.69, 9.17) is 0 Å². The van der Waals surface area contributed by atoms with Crippen LogP contribution in [-0.4, -0.2) is 0 Å². The number of para-hydroxylation sites is 1. The van der Waals surface area contributed by atoms with Gasteiger partial charge < -0.3 is 5.32 Å².